The van der Waals surface area contributed by atoms with Gasteiger partial charge in [-0.3, -0.25) is 9.59 Å². The van der Waals surface area contributed by atoms with Crippen LogP contribution < -0.4 is 5.73 Å². The van der Waals surface area contributed by atoms with Crippen molar-refractivity contribution in [2.45, 2.75) is 12.8 Å². The molecule has 2 aromatic rings. The standard InChI is InChI=1S/C12H11N2O2/c13-12(16)10-7-14-11-8(4-2-6-15)3-1-5-9(10)11/h1,3,5,7,14H,2,4H2,(H2,13,16). The van der Waals surface area contributed by atoms with E-state index >= 15 is 0 Å². The summed E-state index contributed by atoms with van der Waals surface area (Å²) in [7, 11) is 0. The molecule has 0 spiro atoms. The lowest BCUT2D eigenvalue weighted by atomic mass is 10.1. The van der Waals surface area contributed by atoms with Gasteiger partial charge in [-0.25, -0.2) is 0 Å². The van der Waals surface area contributed by atoms with Crippen LogP contribution in [-0.4, -0.2) is 17.2 Å². The third-order valence-corrected chi connectivity index (χ3v) is 2.56. The molecule has 0 atom stereocenters. The van der Waals surface area contributed by atoms with Crippen LogP contribution in [0.25, 0.3) is 10.9 Å². The molecule has 4 nitrogen and oxygen atoms in total. The average Bonchev–Trinajstić information content (AvgIpc) is 2.70. The Labute approximate surface area is 92.4 Å². The Kier molecular flexibility index (Phi) is 2.72. The van der Waals surface area contributed by atoms with Gasteiger partial charge in [0.1, 0.15) is 0 Å². The highest BCUT2D eigenvalue weighted by molar-refractivity contribution is 6.06. The van der Waals surface area contributed by atoms with Crippen LogP contribution in [0.4, 0.5) is 0 Å². The number of hydrogen-bond donors (Lipinski definition) is 2. The van der Waals surface area contributed by atoms with Crippen molar-refractivity contribution in [2.75, 3.05) is 0 Å². The zero-order valence-corrected chi connectivity index (χ0v) is 8.62. The molecule has 0 aliphatic rings. The minimum absolute atomic E-state index is 0.351. The summed E-state index contributed by atoms with van der Waals surface area (Å²) < 4.78 is 0. The van der Waals surface area contributed by atoms with Crippen molar-refractivity contribution < 1.29 is 9.59 Å². The first kappa shape index (κ1) is 10.4. The molecule has 1 amide bonds. The molecule has 0 unspecified atom stereocenters. The molecule has 0 fully saturated rings. The lowest BCUT2D eigenvalue weighted by Gasteiger charge is -2.00. The number of aromatic nitrogens is 1. The zero-order chi connectivity index (χ0) is 11.5. The van der Waals surface area contributed by atoms with Crippen LogP contribution in [0.2, 0.25) is 0 Å². The number of H-pyrrole nitrogens is 1. The Morgan fingerprint density at radius 2 is 2.25 bits per heavy atom. The van der Waals surface area contributed by atoms with Crippen molar-refractivity contribution in [3.63, 3.8) is 0 Å². The van der Waals surface area contributed by atoms with Gasteiger partial charge < -0.3 is 10.7 Å². The highest BCUT2D eigenvalue weighted by atomic mass is 16.1. The van der Waals surface area contributed by atoms with Crippen LogP contribution in [0.5, 0.6) is 0 Å². The molecule has 1 radical (unpaired) electrons. The van der Waals surface area contributed by atoms with E-state index in [4.69, 9.17) is 5.73 Å². The number of fused-ring (bicyclic) bond motifs is 1. The number of nitrogens with one attached hydrogen (secondary N) is 1. The van der Waals surface area contributed by atoms with E-state index < -0.39 is 5.91 Å². The predicted octanol–water partition coefficient (Wildman–Crippen LogP) is 1.31. The number of aromatic amines is 1. The third-order valence-electron chi connectivity index (χ3n) is 2.56. The smallest absolute Gasteiger partial charge is 0.250 e. The molecule has 3 N–H and O–H groups in total. The maximum atomic E-state index is 11.1. The number of para-hydroxylation sites is 1. The fourth-order valence-electron chi connectivity index (χ4n) is 1.82. The van der Waals surface area contributed by atoms with Crippen molar-refractivity contribution in [1.29, 1.82) is 0 Å². The Balaban J connectivity index is 2.52. The summed E-state index contributed by atoms with van der Waals surface area (Å²) in [6.07, 6.45) is 4.42. The van der Waals surface area contributed by atoms with Crippen LogP contribution in [0.3, 0.4) is 0 Å². The van der Waals surface area contributed by atoms with Crippen molar-refractivity contribution >= 4 is 23.1 Å². The molecule has 1 aromatic carbocycles. The second kappa shape index (κ2) is 4.18. The quantitative estimate of drug-likeness (QED) is 0.806. The fourth-order valence-corrected chi connectivity index (χ4v) is 1.82. The molecule has 81 valence electrons. The van der Waals surface area contributed by atoms with E-state index in [0.717, 1.165) is 16.5 Å². The Hall–Kier alpha value is -2.10. The minimum Gasteiger partial charge on any atom is -0.366 e. The van der Waals surface area contributed by atoms with E-state index in [1.165, 1.54) is 0 Å². The van der Waals surface area contributed by atoms with Gasteiger partial charge in [-0.15, -0.1) is 0 Å². The largest absolute Gasteiger partial charge is 0.366 e. The SMILES string of the molecule is NC(=O)c1c[nH]c2c(CC[C]=O)cccc12. The number of primary amides is 1. The number of nitrogens with two attached hydrogens (primary N) is 1. The van der Waals surface area contributed by atoms with Gasteiger partial charge in [0.15, 0.2) is 6.29 Å². The summed E-state index contributed by atoms with van der Waals surface area (Å²) in [5.41, 5.74) is 7.59. The van der Waals surface area contributed by atoms with Gasteiger partial charge in [0.2, 0.25) is 0 Å². The molecular formula is C12H11N2O2. The van der Waals surface area contributed by atoms with Gasteiger partial charge in [0.05, 0.1) is 5.56 Å². The molecule has 16 heavy (non-hydrogen) atoms. The lowest BCUT2D eigenvalue weighted by molar-refractivity contribution is 0.100. The molecule has 4 heteroatoms. The number of amides is 1. The molecule has 0 saturated carbocycles. The second-order valence-electron chi connectivity index (χ2n) is 3.55. The summed E-state index contributed by atoms with van der Waals surface area (Å²) in [4.78, 5) is 24.4. The number of rotatable bonds is 4. The van der Waals surface area contributed by atoms with Crippen LogP contribution in [0, 0.1) is 0 Å². The summed E-state index contributed by atoms with van der Waals surface area (Å²) in [5, 5.41) is 0.802. The topological polar surface area (TPSA) is 76.0 Å². The number of carbonyl (C=O) groups is 1. The maximum Gasteiger partial charge on any atom is 0.250 e. The van der Waals surface area contributed by atoms with Crippen LogP contribution in [-0.2, 0) is 11.2 Å². The molecule has 1 heterocycles. The molecule has 2 rings (SSSR count). The molecular weight excluding hydrogens is 204 g/mol. The first-order valence-corrected chi connectivity index (χ1v) is 4.98. The van der Waals surface area contributed by atoms with Gasteiger partial charge in [-0.2, -0.15) is 0 Å². The van der Waals surface area contributed by atoms with E-state index in [-0.39, 0.29) is 0 Å². The van der Waals surface area contributed by atoms with Gasteiger partial charge in [-0.05, 0) is 12.0 Å². The van der Waals surface area contributed by atoms with E-state index in [0.29, 0.717) is 18.4 Å². The van der Waals surface area contributed by atoms with E-state index in [9.17, 15) is 9.59 Å². The fraction of sp³-hybridized carbons (Fsp3) is 0.167. The van der Waals surface area contributed by atoms with Crippen molar-refractivity contribution in [3.8, 4) is 0 Å². The van der Waals surface area contributed by atoms with Crippen molar-refractivity contribution in [1.82, 2.24) is 4.98 Å². The average molecular weight is 215 g/mol. The van der Waals surface area contributed by atoms with E-state index in [1.54, 1.807) is 6.20 Å². The summed E-state index contributed by atoms with van der Waals surface area (Å²) in [6.45, 7) is 0. The molecule has 1 aromatic heterocycles. The first-order valence-electron chi connectivity index (χ1n) is 4.98. The van der Waals surface area contributed by atoms with Gasteiger partial charge >= 0.3 is 0 Å². The molecule has 0 saturated heterocycles. The summed E-state index contributed by atoms with van der Waals surface area (Å²) >= 11 is 0. The number of aryl methyl sites for hydroxylation is 1. The number of benzene rings is 1. The molecule has 0 bridgehead atoms. The Bertz CT molecular complexity index is 543. The van der Waals surface area contributed by atoms with Gasteiger partial charge in [0, 0.05) is 23.5 Å². The predicted molar refractivity (Wildman–Crippen MR) is 60.8 cm³/mol. The normalized spacial score (nSPS) is 10.5. The highest BCUT2D eigenvalue weighted by Crippen LogP contribution is 2.22. The summed E-state index contributed by atoms with van der Waals surface area (Å²) in [6, 6.07) is 5.60. The van der Waals surface area contributed by atoms with Crippen LogP contribution >= 0.6 is 0 Å². The minimum atomic E-state index is -0.453. The maximum absolute atomic E-state index is 11.1. The van der Waals surface area contributed by atoms with Crippen molar-refractivity contribution in [2.24, 2.45) is 5.73 Å². The van der Waals surface area contributed by atoms with Crippen LogP contribution in [0.1, 0.15) is 22.3 Å². The number of carbonyl (C=O) groups excluding carboxylic acids is 2. The van der Waals surface area contributed by atoms with Gasteiger partial charge in [-0.1, -0.05) is 18.2 Å². The zero-order valence-electron chi connectivity index (χ0n) is 8.62. The molecule has 0 aliphatic carbocycles. The van der Waals surface area contributed by atoms with Crippen molar-refractivity contribution in [3.05, 3.63) is 35.5 Å². The Morgan fingerprint density at radius 3 is 2.94 bits per heavy atom. The lowest BCUT2D eigenvalue weighted by Crippen LogP contribution is -2.09. The first-order chi connectivity index (χ1) is 7.74. The third kappa shape index (κ3) is 1.69. The van der Waals surface area contributed by atoms with Gasteiger partial charge in [0.25, 0.3) is 5.91 Å². The Morgan fingerprint density at radius 1 is 1.44 bits per heavy atom. The second-order valence-corrected chi connectivity index (χ2v) is 3.55. The van der Waals surface area contributed by atoms with E-state index in [1.807, 2.05) is 24.5 Å². The monoisotopic (exact) mass is 215 g/mol. The highest BCUT2D eigenvalue weighted by Gasteiger charge is 2.10. The van der Waals surface area contributed by atoms with E-state index in [2.05, 4.69) is 4.98 Å². The summed E-state index contributed by atoms with van der Waals surface area (Å²) in [5.74, 6) is -0.453. The number of hydrogen-bond acceptors (Lipinski definition) is 2. The molecule has 0 aliphatic heterocycles. The van der Waals surface area contributed by atoms with Crippen LogP contribution in [0.15, 0.2) is 24.4 Å².